The molecule has 0 radical (unpaired) electrons. The number of aryl methyl sites for hydroxylation is 1. The Balaban J connectivity index is 1.67. The van der Waals surface area contributed by atoms with Crippen LogP contribution in [0.25, 0.3) is 0 Å². The van der Waals surface area contributed by atoms with E-state index >= 15 is 0 Å². The molecule has 1 aliphatic rings. The Kier molecular flexibility index (Phi) is 5.45. The summed E-state index contributed by atoms with van der Waals surface area (Å²) >= 11 is 3.40. The van der Waals surface area contributed by atoms with E-state index < -0.39 is 0 Å². The molecule has 0 spiro atoms. The van der Waals surface area contributed by atoms with Crippen LogP contribution in [-0.2, 0) is 0 Å². The van der Waals surface area contributed by atoms with Gasteiger partial charge in [0.15, 0.2) is 5.76 Å². The molecule has 1 atom stereocenters. The molecule has 7 heteroatoms. The molecular weight excluding hydrogens is 378 g/mol. The second-order valence-electron chi connectivity index (χ2n) is 6.83. The molecule has 1 aliphatic heterocycles. The second kappa shape index (κ2) is 7.98. The van der Waals surface area contributed by atoms with Crippen LogP contribution in [0, 0.1) is 6.92 Å². The zero-order valence-corrected chi connectivity index (χ0v) is 17.1. The van der Waals surface area contributed by atoms with Gasteiger partial charge in [-0.3, -0.25) is 9.69 Å². The highest BCUT2D eigenvalue weighted by molar-refractivity contribution is 7.16. The molecular formula is C20H23N3O2S2. The van der Waals surface area contributed by atoms with Crippen LogP contribution in [0.5, 0.6) is 0 Å². The predicted molar refractivity (Wildman–Crippen MR) is 111 cm³/mol. The molecule has 142 valence electrons. The van der Waals surface area contributed by atoms with Gasteiger partial charge in [-0.15, -0.1) is 22.7 Å². The number of carbonyl (C=O) groups excluding carboxylic acids is 1. The fraction of sp³-hybridized carbons (Fsp3) is 0.350. The molecule has 27 heavy (non-hydrogen) atoms. The molecule has 1 unspecified atom stereocenters. The number of anilines is 1. The SMILES string of the molecule is Cc1cc(C(c2cccs2)N2CCN(C)CC2)c(NC(=O)c2ccco2)s1. The van der Waals surface area contributed by atoms with E-state index in [1.165, 1.54) is 21.6 Å². The molecule has 1 N–H and O–H groups in total. The summed E-state index contributed by atoms with van der Waals surface area (Å²) in [6.07, 6.45) is 1.52. The third-order valence-electron chi connectivity index (χ3n) is 4.87. The van der Waals surface area contributed by atoms with Crippen LogP contribution in [0.2, 0.25) is 0 Å². The maximum absolute atomic E-state index is 12.5. The Morgan fingerprint density at radius 2 is 2.04 bits per heavy atom. The molecule has 5 nitrogen and oxygen atoms in total. The number of nitrogens with one attached hydrogen (secondary N) is 1. The molecule has 1 fully saturated rings. The van der Waals surface area contributed by atoms with Gasteiger partial charge in [0, 0.05) is 41.5 Å². The van der Waals surface area contributed by atoms with Crippen LogP contribution in [0.15, 0.2) is 46.4 Å². The fourth-order valence-corrected chi connectivity index (χ4v) is 5.28. The third-order valence-corrected chi connectivity index (χ3v) is 6.77. The Bertz CT molecular complexity index is 879. The lowest BCUT2D eigenvalue weighted by Crippen LogP contribution is -2.46. The number of furan rings is 1. The normalized spacial score (nSPS) is 17.1. The Morgan fingerprint density at radius 3 is 2.70 bits per heavy atom. The van der Waals surface area contributed by atoms with Crippen LogP contribution >= 0.6 is 22.7 Å². The average molecular weight is 402 g/mol. The predicted octanol–water partition coefficient (Wildman–Crippen LogP) is 4.30. The highest BCUT2D eigenvalue weighted by atomic mass is 32.1. The van der Waals surface area contributed by atoms with E-state index in [4.69, 9.17) is 4.42 Å². The van der Waals surface area contributed by atoms with Gasteiger partial charge >= 0.3 is 0 Å². The number of nitrogens with zero attached hydrogens (tertiary/aromatic N) is 2. The molecule has 1 amide bonds. The number of hydrogen-bond donors (Lipinski definition) is 1. The summed E-state index contributed by atoms with van der Waals surface area (Å²) in [5, 5.41) is 6.11. The van der Waals surface area contributed by atoms with Crippen molar-refractivity contribution in [1.29, 1.82) is 0 Å². The Labute approximate surface area is 167 Å². The van der Waals surface area contributed by atoms with E-state index in [0.29, 0.717) is 5.76 Å². The number of likely N-dealkylation sites (N-methyl/N-ethyl adjacent to an activating group) is 1. The van der Waals surface area contributed by atoms with Gasteiger partial charge in [0.1, 0.15) is 5.00 Å². The monoisotopic (exact) mass is 401 g/mol. The van der Waals surface area contributed by atoms with E-state index in [0.717, 1.165) is 31.2 Å². The fourth-order valence-electron chi connectivity index (χ4n) is 3.46. The van der Waals surface area contributed by atoms with Crippen molar-refractivity contribution >= 4 is 33.6 Å². The highest BCUT2D eigenvalue weighted by Gasteiger charge is 2.29. The van der Waals surface area contributed by atoms with Crippen molar-refractivity contribution in [1.82, 2.24) is 9.80 Å². The first-order valence-electron chi connectivity index (χ1n) is 9.03. The molecule has 3 aromatic heterocycles. The van der Waals surface area contributed by atoms with Crippen LogP contribution in [-0.4, -0.2) is 48.9 Å². The van der Waals surface area contributed by atoms with E-state index in [1.54, 1.807) is 34.8 Å². The van der Waals surface area contributed by atoms with E-state index in [-0.39, 0.29) is 11.9 Å². The van der Waals surface area contributed by atoms with Gasteiger partial charge in [-0.25, -0.2) is 0 Å². The lowest BCUT2D eigenvalue weighted by Gasteiger charge is -2.37. The summed E-state index contributed by atoms with van der Waals surface area (Å²) in [5.74, 6) is 0.130. The summed E-state index contributed by atoms with van der Waals surface area (Å²) in [4.78, 5) is 19.9. The smallest absolute Gasteiger partial charge is 0.291 e. The molecule has 0 aliphatic carbocycles. The number of rotatable bonds is 5. The number of piperazine rings is 1. The summed E-state index contributed by atoms with van der Waals surface area (Å²) in [5.41, 5.74) is 1.17. The van der Waals surface area contributed by atoms with Gasteiger partial charge < -0.3 is 14.6 Å². The molecule has 0 saturated carbocycles. The molecule has 3 aromatic rings. The molecule has 0 bridgehead atoms. The van der Waals surface area contributed by atoms with E-state index in [2.05, 4.69) is 52.7 Å². The number of hydrogen-bond acceptors (Lipinski definition) is 6. The van der Waals surface area contributed by atoms with Crippen LogP contribution < -0.4 is 5.32 Å². The molecule has 4 rings (SSSR count). The lowest BCUT2D eigenvalue weighted by atomic mass is 10.0. The van der Waals surface area contributed by atoms with Crippen molar-refractivity contribution in [2.24, 2.45) is 0 Å². The summed E-state index contributed by atoms with van der Waals surface area (Å²) < 4.78 is 5.25. The Hall–Kier alpha value is -1.93. The molecule has 1 saturated heterocycles. The maximum Gasteiger partial charge on any atom is 0.291 e. The third kappa shape index (κ3) is 4.01. The standard InChI is InChI=1S/C20H23N3O2S2/c1-14-13-15(20(27-14)21-19(24)16-5-3-11-25-16)18(17-6-4-12-26-17)23-9-7-22(2)8-10-23/h3-6,11-13,18H,7-10H2,1-2H3,(H,21,24). The average Bonchev–Trinajstić information content (AvgIpc) is 3.40. The van der Waals surface area contributed by atoms with Gasteiger partial charge in [-0.2, -0.15) is 0 Å². The van der Waals surface area contributed by atoms with Crippen LogP contribution in [0.3, 0.4) is 0 Å². The van der Waals surface area contributed by atoms with E-state index in [9.17, 15) is 4.79 Å². The molecule has 0 aromatic carbocycles. The second-order valence-corrected chi connectivity index (χ2v) is 9.07. The van der Waals surface area contributed by atoms with Gasteiger partial charge in [0.25, 0.3) is 5.91 Å². The zero-order valence-electron chi connectivity index (χ0n) is 15.5. The van der Waals surface area contributed by atoms with Crippen molar-refractivity contribution in [3.63, 3.8) is 0 Å². The van der Waals surface area contributed by atoms with E-state index in [1.807, 2.05) is 0 Å². The summed E-state index contributed by atoms with van der Waals surface area (Å²) in [7, 11) is 2.17. The lowest BCUT2D eigenvalue weighted by molar-refractivity contribution is 0.0996. The summed E-state index contributed by atoms with van der Waals surface area (Å²) in [6, 6.07) is 10.1. The Morgan fingerprint density at radius 1 is 1.22 bits per heavy atom. The minimum Gasteiger partial charge on any atom is -0.459 e. The first-order chi connectivity index (χ1) is 13.1. The first-order valence-corrected chi connectivity index (χ1v) is 10.7. The number of carbonyl (C=O) groups is 1. The van der Waals surface area contributed by atoms with Crippen LogP contribution in [0.4, 0.5) is 5.00 Å². The van der Waals surface area contributed by atoms with Crippen molar-refractivity contribution < 1.29 is 9.21 Å². The minimum atomic E-state index is -0.202. The zero-order chi connectivity index (χ0) is 18.8. The first kappa shape index (κ1) is 18.4. The quantitative estimate of drug-likeness (QED) is 0.692. The largest absolute Gasteiger partial charge is 0.459 e. The van der Waals surface area contributed by atoms with Crippen molar-refractivity contribution in [2.45, 2.75) is 13.0 Å². The van der Waals surface area contributed by atoms with Gasteiger partial charge in [0.05, 0.1) is 12.3 Å². The van der Waals surface area contributed by atoms with Gasteiger partial charge in [-0.05, 0) is 43.6 Å². The maximum atomic E-state index is 12.5. The van der Waals surface area contributed by atoms with Crippen LogP contribution in [0.1, 0.15) is 31.9 Å². The van der Waals surface area contributed by atoms with Crippen molar-refractivity contribution in [3.8, 4) is 0 Å². The minimum absolute atomic E-state index is 0.163. The molecule has 4 heterocycles. The number of amides is 1. The van der Waals surface area contributed by atoms with Gasteiger partial charge in [-0.1, -0.05) is 6.07 Å². The van der Waals surface area contributed by atoms with Gasteiger partial charge in [0.2, 0.25) is 0 Å². The number of thiophene rings is 2. The summed E-state index contributed by atoms with van der Waals surface area (Å²) in [6.45, 7) is 6.23. The van der Waals surface area contributed by atoms with Crippen molar-refractivity contribution in [3.05, 3.63) is 63.1 Å². The highest BCUT2D eigenvalue weighted by Crippen LogP contribution is 2.40. The topological polar surface area (TPSA) is 48.7 Å². The van der Waals surface area contributed by atoms with Crippen molar-refractivity contribution in [2.75, 3.05) is 38.5 Å².